The minimum absolute atomic E-state index is 0.232. The molecule has 5 heteroatoms. The van der Waals surface area contributed by atoms with Gasteiger partial charge in [0.15, 0.2) is 5.82 Å². The summed E-state index contributed by atoms with van der Waals surface area (Å²) in [5.74, 6) is 1.33. The van der Waals surface area contributed by atoms with E-state index in [1.807, 2.05) is 30.5 Å². The van der Waals surface area contributed by atoms with E-state index in [1.165, 1.54) is 4.88 Å². The summed E-state index contributed by atoms with van der Waals surface area (Å²) in [5.41, 5.74) is 1.51. The first kappa shape index (κ1) is 11.9. The van der Waals surface area contributed by atoms with Crippen LogP contribution >= 0.6 is 11.3 Å². The lowest BCUT2D eigenvalue weighted by Gasteiger charge is -2.01. The van der Waals surface area contributed by atoms with Crippen molar-refractivity contribution in [2.24, 2.45) is 0 Å². The Morgan fingerprint density at radius 2 is 2.16 bits per heavy atom. The van der Waals surface area contributed by atoms with Gasteiger partial charge in [0.1, 0.15) is 5.75 Å². The summed E-state index contributed by atoms with van der Waals surface area (Å²) < 4.78 is 5.27. The summed E-state index contributed by atoms with van der Waals surface area (Å²) in [6.07, 6.45) is 0.666. The van der Waals surface area contributed by atoms with Gasteiger partial charge >= 0.3 is 0 Å². The molecular formula is C14H12N2O2S. The largest absolute Gasteiger partial charge is 0.508 e. The molecule has 0 unspecified atom stereocenters. The van der Waals surface area contributed by atoms with Gasteiger partial charge in [0.2, 0.25) is 0 Å². The lowest BCUT2D eigenvalue weighted by atomic mass is 10.1. The van der Waals surface area contributed by atoms with E-state index in [4.69, 9.17) is 4.52 Å². The molecule has 0 aliphatic heterocycles. The normalized spacial score (nSPS) is 10.8. The Morgan fingerprint density at radius 1 is 1.26 bits per heavy atom. The van der Waals surface area contributed by atoms with Crippen LogP contribution in [0, 0.1) is 6.92 Å². The third kappa shape index (κ3) is 2.37. The van der Waals surface area contributed by atoms with Gasteiger partial charge in [-0.2, -0.15) is 4.98 Å². The van der Waals surface area contributed by atoms with Crippen LogP contribution in [0.3, 0.4) is 0 Å². The van der Waals surface area contributed by atoms with Gasteiger partial charge in [0, 0.05) is 22.4 Å². The third-order valence-electron chi connectivity index (χ3n) is 2.92. The quantitative estimate of drug-likeness (QED) is 0.793. The second kappa shape index (κ2) is 4.85. The number of aromatic hydroxyl groups is 1. The fourth-order valence-corrected chi connectivity index (χ4v) is 2.56. The van der Waals surface area contributed by atoms with Gasteiger partial charge in [0.05, 0.1) is 0 Å². The van der Waals surface area contributed by atoms with Crippen LogP contribution in [0.5, 0.6) is 5.75 Å². The molecular weight excluding hydrogens is 260 g/mol. The number of nitrogens with zero attached hydrogens (tertiary/aromatic N) is 2. The van der Waals surface area contributed by atoms with Crippen molar-refractivity contribution in [3.8, 4) is 17.2 Å². The predicted molar refractivity (Wildman–Crippen MR) is 73.3 cm³/mol. The molecule has 3 rings (SSSR count). The van der Waals surface area contributed by atoms with Crippen LogP contribution in [-0.2, 0) is 6.42 Å². The Bertz CT molecular complexity index is 689. The molecule has 96 valence electrons. The molecule has 0 saturated carbocycles. The lowest BCUT2D eigenvalue weighted by Crippen LogP contribution is -1.88. The fraction of sp³-hybridized carbons (Fsp3) is 0.143. The Hall–Kier alpha value is -2.14. The number of aromatic nitrogens is 2. The molecule has 0 radical (unpaired) electrons. The topological polar surface area (TPSA) is 59.2 Å². The molecule has 4 nitrogen and oxygen atoms in total. The first-order valence-corrected chi connectivity index (χ1v) is 6.76. The summed E-state index contributed by atoms with van der Waals surface area (Å²) in [4.78, 5) is 5.57. The summed E-state index contributed by atoms with van der Waals surface area (Å²) in [6, 6.07) is 9.31. The Balaban J connectivity index is 1.91. The average Bonchev–Trinajstić information content (AvgIpc) is 3.05. The molecule has 0 bridgehead atoms. The third-order valence-corrected chi connectivity index (χ3v) is 3.79. The summed E-state index contributed by atoms with van der Waals surface area (Å²) in [5, 5.41) is 15.7. The van der Waals surface area contributed by atoms with Gasteiger partial charge in [-0.1, -0.05) is 17.3 Å². The maximum Gasteiger partial charge on any atom is 0.258 e. The highest BCUT2D eigenvalue weighted by molar-refractivity contribution is 7.09. The van der Waals surface area contributed by atoms with E-state index in [0.29, 0.717) is 18.1 Å². The van der Waals surface area contributed by atoms with Crippen LogP contribution in [-0.4, -0.2) is 15.2 Å². The molecule has 1 aromatic carbocycles. The van der Waals surface area contributed by atoms with Crippen molar-refractivity contribution in [1.82, 2.24) is 10.1 Å². The zero-order valence-electron chi connectivity index (χ0n) is 10.3. The number of phenolic OH excluding ortho intramolecular Hbond substituents is 1. The molecule has 0 spiro atoms. The van der Waals surface area contributed by atoms with Crippen molar-refractivity contribution in [2.75, 3.05) is 0 Å². The number of hydrogen-bond donors (Lipinski definition) is 1. The molecule has 2 heterocycles. The minimum Gasteiger partial charge on any atom is -0.508 e. The molecule has 0 aliphatic rings. The number of benzene rings is 1. The van der Waals surface area contributed by atoms with E-state index in [9.17, 15) is 5.11 Å². The monoisotopic (exact) mass is 272 g/mol. The predicted octanol–water partition coefficient (Wildman–Crippen LogP) is 3.40. The summed E-state index contributed by atoms with van der Waals surface area (Å²) in [7, 11) is 0. The van der Waals surface area contributed by atoms with Crippen LogP contribution in [0.4, 0.5) is 0 Å². The number of hydrogen-bond acceptors (Lipinski definition) is 5. The van der Waals surface area contributed by atoms with Crippen molar-refractivity contribution >= 4 is 11.3 Å². The lowest BCUT2D eigenvalue weighted by molar-refractivity contribution is 0.423. The van der Waals surface area contributed by atoms with Crippen molar-refractivity contribution in [3.05, 3.63) is 52.0 Å². The van der Waals surface area contributed by atoms with Crippen molar-refractivity contribution in [1.29, 1.82) is 0 Å². The van der Waals surface area contributed by atoms with Gasteiger partial charge in [0.25, 0.3) is 5.89 Å². The van der Waals surface area contributed by atoms with E-state index >= 15 is 0 Å². The van der Waals surface area contributed by atoms with E-state index in [-0.39, 0.29) is 5.75 Å². The Kier molecular flexibility index (Phi) is 3.05. The second-order valence-corrected chi connectivity index (χ2v) is 5.25. The van der Waals surface area contributed by atoms with Crippen LogP contribution in [0.2, 0.25) is 0 Å². The fourth-order valence-electron chi connectivity index (χ4n) is 1.86. The Morgan fingerprint density at radius 3 is 2.95 bits per heavy atom. The highest BCUT2D eigenvalue weighted by Gasteiger charge is 2.13. The van der Waals surface area contributed by atoms with Crippen molar-refractivity contribution < 1.29 is 9.63 Å². The molecule has 1 N–H and O–H groups in total. The average molecular weight is 272 g/mol. The number of thiophene rings is 1. The molecule has 0 atom stereocenters. The standard InChI is InChI=1S/C14H12N2O2S/c1-9-11(5-2-6-12(9)17)14-15-13(16-18-14)8-10-4-3-7-19-10/h2-7,17H,8H2,1H3. The SMILES string of the molecule is Cc1c(O)cccc1-c1nc(Cc2cccs2)no1. The molecule has 0 fully saturated rings. The van der Waals surface area contributed by atoms with E-state index in [1.54, 1.807) is 23.5 Å². The van der Waals surface area contributed by atoms with E-state index < -0.39 is 0 Å². The maximum atomic E-state index is 9.69. The molecule has 3 aromatic rings. The highest BCUT2D eigenvalue weighted by Crippen LogP contribution is 2.28. The first-order chi connectivity index (χ1) is 9.24. The van der Waals surface area contributed by atoms with Gasteiger partial charge in [-0.3, -0.25) is 0 Å². The first-order valence-electron chi connectivity index (χ1n) is 5.88. The molecule has 2 aromatic heterocycles. The maximum absolute atomic E-state index is 9.69. The zero-order valence-corrected chi connectivity index (χ0v) is 11.1. The van der Waals surface area contributed by atoms with Crippen LogP contribution in [0.1, 0.15) is 16.3 Å². The molecule has 19 heavy (non-hydrogen) atoms. The molecule has 0 aliphatic carbocycles. The van der Waals surface area contributed by atoms with Gasteiger partial charge < -0.3 is 9.63 Å². The van der Waals surface area contributed by atoms with Crippen molar-refractivity contribution in [2.45, 2.75) is 13.3 Å². The van der Waals surface area contributed by atoms with Crippen LogP contribution in [0.15, 0.2) is 40.2 Å². The highest BCUT2D eigenvalue weighted by atomic mass is 32.1. The molecule has 0 amide bonds. The van der Waals surface area contributed by atoms with Gasteiger partial charge in [-0.05, 0) is 30.5 Å². The zero-order chi connectivity index (χ0) is 13.2. The second-order valence-electron chi connectivity index (χ2n) is 4.22. The minimum atomic E-state index is 0.232. The van der Waals surface area contributed by atoms with E-state index in [2.05, 4.69) is 10.1 Å². The van der Waals surface area contributed by atoms with Crippen molar-refractivity contribution in [3.63, 3.8) is 0 Å². The Labute approximate surface area is 114 Å². The molecule has 0 saturated heterocycles. The van der Waals surface area contributed by atoms with E-state index in [0.717, 1.165) is 11.1 Å². The number of rotatable bonds is 3. The van der Waals surface area contributed by atoms with Gasteiger partial charge in [-0.15, -0.1) is 11.3 Å². The van der Waals surface area contributed by atoms with Crippen LogP contribution < -0.4 is 0 Å². The van der Waals surface area contributed by atoms with Gasteiger partial charge in [-0.25, -0.2) is 0 Å². The smallest absolute Gasteiger partial charge is 0.258 e. The van der Waals surface area contributed by atoms with Crippen LogP contribution in [0.25, 0.3) is 11.5 Å². The summed E-state index contributed by atoms with van der Waals surface area (Å²) >= 11 is 1.67. The number of phenols is 1. The summed E-state index contributed by atoms with van der Waals surface area (Å²) in [6.45, 7) is 1.83.